The van der Waals surface area contributed by atoms with E-state index < -0.39 is 45.8 Å². The number of thiol groups is 1. The number of halogens is 4. The summed E-state index contributed by atoms with van der Waals surface area (Å²) in [6.07, 6.45) is -5.14. The van der Waals surface area contributed by atoms with E-state index in [-0.39, 0.29) is 22.3 Å². The number of aromatic amines is 1. The molecule has 0 saturated heterocycles. The molecule has 0 bridgehead atoms. The number of hydrogen-bond donors (Lipinski definition) is 2. The number of nitrogens with zero attached hydrogens (tertiary/aromatic N) is 1. The average Bonchev–Trinajstić information content (AvgIpc) is 2.83. The SMILES string of the molecule is CO[C@@H]1Cn2c(=O)[nH]c(=O)c3cc(C(F)(F)F)cc(c32)[SH](c2ccc(F)cc2)C1. The summed E-state index contributed by atoms with van der Waals surface area (Å²) >= 11 is 0. The Hall–Kier alpha value is -2.59. The Balaban J connectivity index is 2.11. The van der Waals surface area contributed by atoms with Gasteiger partial charge in [0.1, 0.15) is 5.82 Å². The van der Waals surface area contributed by atoms with Gasteiger partial charge in [0.05, 0.1) is 29.1 Å². The Labute approximate surface area is 164 Å². The van der Waals surface area contributed by atoms with Gasteiger partial charge in [-0.2, -0.15) is 24.1 Å². The first kappa shape index (κ1) is 19.7. The third-order valence-corrected chi connectivity index (χ3v) is 7.55. The lowest BCUT2D eigenvalue weighted by molar-refractivity contribution is -0.137. The molecule has 1 aromatic heterocycles. The highest BCUT2D eigenvalue weighted by atomic mass is 32.2. The Kier molecular flexibility index (Phi) is 4.78. The van der Waals surface area contributed by atoms with E-state index in [1.807, 2.05) is 0 Å². The van der Waals surface area contributed by atoms with Crippen molar-refractivity contribution in [1.29, 1.82) is 0 Å². The zero-order chi connectivity index (χ0) is 20.9. The van der Waals surface area contributed by atoms with E-state index in [0.29, 0.717) is 10.6 Å². The van der Waals surface area contributed by atoms with Crippen LogP contribution in [0.25, 0.3) is 10.9 Å². The van der Waals surface area contributed by atoms with Crippen LogP contribution in [0.3, 0.4) is 0 Å². The highest BCUT2D eigenvalue weighted by molar-refractivity contribution is 8.17. The third-order valence-electron chi connectivity index (χ3n) is 4.93. The van der Waals surface area contributed by atoms with Crippen molar-refractivity contribution in [3.05, 3.63) is 68.6 Å². The van der Waals surface area contributed by atoms with Gasteiger partial charge in [-0.3, -0.25) is 14.3 Å². The monoisotopic (exact) mass is 428 g/mol. The van der Waals surface area contributed by atoms with Crippen LogP contribution in [0.4, 0.5) is 17.6 Å². The molecule has 5 nitrogen and oxygen atoms in total. The van der Waals surface area contributed by atoms with Crippen molar-refractivity contribution in [2.24, 2.45) is 0 Å². The second kappa shape index (κ2) is 7.03. The van der Waals surface area contributed by atoms with E-state index in [9.17, 15) is 27.2 Å². The van der Waals surface area contributed by atoms with Crippen molar-refractivity contribution in [3.8, 4) is 0 Å². The van der Waals surface area contributed by atoms with Crippen LogP contribution in [0.2, 0.25) is 0 Å². The molecule has 1 unspecified atom stereocenters. The smallest absolute Gasteiger partial charge is 0.379 e. The third kappa shape index (κ3) is 3.46. The van der Waals surface area contributed by atoms with Gasteiger partial charge in [-0.15, -0.1) is 0 Å². The summed E-state index contributed by atoms with van der Waals surface area (Å²) in [5.74, 6) is -0.146. The number of aromatic nitrogens is 2. The molecule has 154 valence electrons. The molecular weight excluding hydrogens is 412 g/mol. The summed E-state index contributed by atoms with van der Waals surface area (Å²) in [5.41, 5.74) is -2.39. The maximum Gasteiger partial charge on any atom is 0.416 e. The van der Waals surface area contributed by atoms with Gasteiger partial charge in [-0.05, 0) is 41.3 Å². The fourth-order valence-corrected chi connectivity index (χ4v) is 6.19. The van der Waals surface area contributed by atoms with Gasteiger partial charge >= 0.3 is 11.9 Å². The summed E-state index contributed by atoms with van der Waals surface area (Å²) in [4.78, 5) is 27.8. The summed E-state index contributed by atoms with van der Waals surface area (Å²) in [7, 11) is 0.00375. The van der Waals surface area contributed by atoms with E-state index in [2.05, 4.69) is 4.98 Å². The van der Waals surface area contributed by atoms with Crippen molar-refractivity contribution in [2.75, 3.05) is 12.9 Å². The molecule has 0 radical (unpaired) electrons. The van der Waals surface area contributed by atoms with Crippen LogP contribution in [0.15, 0.2) is 55.8 Å². The van der Waals surface area contributed by atoms with E-state index in [1.54, 1.807) is 0 Å². The van der Waals surface area contributed by atoms with Crippen molar-refractivity contribution in [3.63, 3.8) is 0 Å². The number of ether oxygens (including phenoxy) is 1. The highest BCUT2D eigenvalue weighted by Gasteiger charge is 2.34. The van der Waals surface area contributed by atoms with Crippen molar-refractivity contribution in [1.82, 2.24) is 9.55 Å². The largest absolute Gasteiger partial charge is 0.416 e. The Morgan fingerprint density at radius 3 is 2.48 bits per heavy atom. The fraction of sp³-hybridized carbons (Fsp3) is 0.263. The molecule has 0 aliphatic carbocycles. The molecule has 0 fully saturated rings. The van der Waals surface area contributed by atoms with Crippen LogP contribution in [0.1, 0.15) is 5.56 Å². The first-order valence-corrected chi connectivity index (χ1v) is 10.2. The Morgan fingerprint density at radius 2 is 1.86 bits per heavy atom. The quantitative estimate of drug-likeness (QED) is 0.486. The lowest BCUT2D eigenvalue weighted by Gasteiger charge is -2.25. The highest BCUT2D eigenvalue weighted by Crippen LogP contribution is 2.50. The van der Waals surface area contributed by atoms with Gasteiger partial charge in [-0.1, -0.05) is 0 Å². The summed E-state index contributed by atoms with van der Waals surface area (Å²) in [5, 5.41) is -0.208. The Morgan fingerprint density at radius 1 is 1.17 bits per heavy atom. The second-order valence-corrected chi connectivity index (χ2v) is 8.92. The lowest BCUT2D eigenvalue weighted by Crippen LogP contribution is -2.34. The maximum absolute atomic E-state index is 13.5. The zero-order valence-corrected chi connectivity index (χ0v) is 16.0. The van der Waals surface area contributed by atoms with Gasteiger partial charge in [0, 0.05) is 17.8 Å². The van der Waals surface area contributed by atoms with Crippen molar-refractivity contribution < 1.29 is 22.3 Å². The van der Waals surface area contributed by atoms with Gasteiger partial charge < -0.3 is 4.74 Å². The van der Waals surface area contributed by atoms with Crippen LogP contribution in [-0.2, 0) is 17.5 Å². The van der Waals surface area contributed by atoms with Gasteiger partial charge in [0.25, 0.3) is 5.56 Å². The van der Waals surface area contributed by atoms with E-state index in [0.717, 1.165) is 12.1 Å². The van der Waals surface area contributed by atoms with Crippen molar-refractivity contribution >= 4 is 21.8 Å². The molecule has 4 rings (SSSR count). The molecule has 1 aliphatic rings. The summed E-state index contributed by atoms with van der Waals surface area (Å²) < 4.78 is 60.8. The minimum atomic E-state index is -4.67. The van der Waals surface area contributed by atoms with Crippen LogP contribution >= 0.6 is 10.9 Å². The Bertz CT molecular complexity index is 1200. The minimum absolute atomic E-state index is 0.0843. The molecule has 1 aliphatic heterocycles. The first-order chi connectivity index (χ1) is 13.7. The molecule has 1 N–H and O–H groups in total. The normalized spacial score (nSPS) is 20.6. The number of hydrogen-bond acceptors (Lipinski definition) is 3. The zero-order valence-electron chi connectivity index (χ0n) is 15.1. The van der Waals surface area contributed by atoms with E-state index >= 15 is 0 Å². The summed E-state index contributed by atoms with van der Waals surface area (Å²) in [6.45, 7) is 0.0843. The summed E-state index contributed by atoms with van der Waals surface area (Å²) in [6, 6.07) is 7.26. The number of methoxy groups -OCH3 is 1. The predicted molar refractivity (Wildman–Crippen MR) is 101 cm³/mol. The van der Waals surface area contributed by atoms with Crippen LogP contribution in [-0.4, -0.2) is 28.5 Å². The second-order valence-electron chi connectivity index (χ2n) is 6.70. The molecule has 0 spiro atoms. The lowest BCUT2D eigenvalue weighted by atomic mass is 10.1. The molecule has 2 heterocycles. The van der Waals surface area contributed by atoms with E-state index in [4.69, 9.17) is 4.74 Å². The molecule has 0 saturated carbocycles. The van der Waals surface area contributed by atoms with E-state index in [1.165, 1.54) is 35.9 Å². The van der Waals surface area contributed by atoms with Crippen LogP contribution < -0.4 is 11.2 Å². The molecule has 10 heteroatoms. The number of alkyl halides is 3. The maximum atomic E-state index is 13.5. The molecular formula is C19H16F4N2O3S. The predicted octanol–water partition coefficient (Wildman–Crippen LogP) is 3.30. The number of benzene rings is 2. The van der Waals surface area contributed by atoms with Crippen molar-refractivity contribution in [2.45, 2.75) is 28.6 Å². The fourth-order valence-electron chi connectivity index (χ4n) is 3.53. The van der Waals surface area contributed by atoms with Crippen LogP contribution in [0, 0.1) is 5.82 Å². The number of H-pyrrole nitrogens is 1. The first-order valence-electron chi connectivity index (χ1n) is 8.63. The van der Waals surface area contributed by atoms with Gasteiger partial charge in [-0.25, -0.2) is 9.18 Å². The van der Waals surface area contributed by atoms with Gasteiger partial charge in [0.15, 0.2) is 0 Å². The topological polar surface area (TPSA) is 64.1 Å². The standard InChI is InChI=1S/C19H16F4N2O3S/c1-28-12-8-25-16-14(17(26)24-18(25)27)6-10(19(21,22)23)7-15(16)29(9-12)13-4-2-11(20)3-5-13/h2-7,12,29H,8-9H2,1H3,(H,24,26,27)/t12-/m1/s1. The molecule has 0 amide bonds. The number of nitrogens with one attached hydrogen (secondary N) is 1. The van der Waals surface area contributed by atoms with Crippen LogP contribution in [0.5, 0.6) is 0 Å². The molecule has 29 heavy (non-hydrogen) atoms. The molecule has 2 aromatic carbocycles. The minimum Gasteiger partial charge on any atom is -0.379 e. The molecule has 3 aromatic rings. The average molecular weight is 428 g/mol. The number of rotatable bonds is 2. The van der Waals surface area contributed by atoms with Gasteiger partial charge in [0.2, 0.25) is 0 Å². The molecule has 2 atom stereocenters.